The quantitative estimate of drug-likeness (QED) is 0.620. The Morgan fingerprint density at radius 3 is 3.07 bits per heavy atom. The number of hydrogen-bond donors (Lipinski definition) is 0. The van der Waals surface area contributed by atoms with Crippen molar-refractivity contribution < 1.29 is 9.47 Å². The molecule has 0 radical (unpaired) electrons. The molecule has 0 fully saturated rings. The Hall–Kier alpha value is -1.70. The summed E-state index contributed by atoms with van der Waals surface area (Å²) in [5.41, 5.74) is 2.55. The summed E-state index contributed by atoms with van der Waals surface area (Å²) >= 11 is 0. The van der Waals surface area contributed by atoms with Crippen LogP contribution in [-0.2, 0) is 6.42 Å². The van der Waals surface area contributed by atoms with Crippen molar-refractivity contribution >= 4 is 6.08 Å². The number of rotatable bonds is 0. The molecule has 1 aromatic carbocycles. The van der Waals surface area contributed by atoms with E-state index in [1.54, 1.807) is 6.26 Å². The van der Waals surface area contributed by atoms with Crippen molar-refractivity contribution in [1.82, 2.24) is 0 Å². The van der Waals surface area contributed by atoms with Crippen LogP contribution in [0.5, 0.6) is 11.5 Å². The van der Waals surface area contributed by atoms with Crippen molar-refractivity contribution in [1.29, 1.82) is 0 Å². The lowest BCUT2D eigenvalue weighted by Crippen LogP contribution is -1.93. The fourth-order valence-corrected chi connectivity index (χ4v) is 1.77. The van der Waals surface area contributed by atoms with E-state index < -0.39 is 0 Å². The first kappa shape index (κ1) is 7.68. The number of allylic oxidation sites excluding steroid dienone is 1. The lowest BCUT2D eigenvalue weighted by Gasteiger charge is -2.08. The molecule has 0 unspecified atom stereocenters. The summed E-state index contributed by atoms with van der Waals surface area (Å²) in [5, 5.41) is 0. The minimum Gasteiger partial charge on any atom is -0.485 e. The maximum Gasteiger partial charge on any atom is 0.168 e. The van der Waals surface area contributed by atoms with Gasteiger partial charge in [0.15, 0.2) is 11.5 Å². The molecule has 0 bridgehead atoms. The Morgan fingerprint density at radius 2 is 2.07 bits per heavy atom. The minimum absolute atomic E-state index is 0.579. The Kier molecular flexibility index (Phi) is 1.60. The average Bonchev–Trinajstić information content (AvgIpc) is 2.51. The number of benzene rings is 1. The summed E-state index contributed by atoms with van der Waals surface area (Å²) in [6, 6.07) is 4.10. The highest BCUT2D eigenvalue weighted by Crippen LogP contribution is 2.35. The van der Waals surface area contributed by atoms with Crippen molar-refractivity contribution in [2.75, 3.05) is 6.61 Å². The largest absolute Gasteiger partial charge is 0.485 e. The van der Waals surface area contributed by atoms with Crippen molar-refractivity contribution in [3.8, 4) is 11.5 Å². The van der Waals surface area contributed by atoms with Gasteiger partial charge in [0, 0.05) is 0 Å². The molecule has 0 saturated heterocycles. The second kappa shape index (κ2) is 2.91. The molecule has 2 aliphatic rings. The van der Waals surface area contributed by atoms with Gasteiger partial charge < -0.3 is 9.47 Å². The number of ether oxygens (including phenoxy) is 2. The van der Waals surface area contributed by atoms with Crippen LogP contribution in [0.4, 0.5) is 0 Å². The molecular weight excluding hydrogens is 176 g/mol. The number of fused-ring (bicyclic) bond motifs is 2. The monoisotopic (exact) mass is 186 g/mol. The van der Waals surface area contributed by atoms with Crippen LogP contribution in [0.25, 0.3) is 6.08 Å². The lowest BCUT2D eigenvalue weighted by molar-refractivity contribution is 0.356. The minimum atomic E-state index is 0.579. The van der Waals surface area contributed by atoms with Gasteiger partial charge in [-0.3, -0.25) is 0 Å². The molecular formula is C12H10O2. The SMILES string of the molecule is C1=COc2cc3c(cc2OC1)C=CC3. The van der Waals surface area contributed by atoms with Crippen LogP contribution < -0.4 is 9.47 Å². The van der Waals surface area contributed by atoms with Crippen LogP contribution in [-0.4, -0.2) is 6.61 Å². The Balaban J connectivity index is 2.12. The smallest absolute Gasteiger partial charge is 0.168 e. The van der Waals surface area contributed by atoms with Crippen molar-refractivity contribution in [3.05, 3.63) is 41.7 Å². The molecule has 1 aromatic rings. The van der Waals surface area contributed by atoms with E-state index in [-0.39, 0.29) is 0 Å². The van der Waals surface area contributed by atoms with Crippen LogP contribution in [0.3, 0.4) is 0 Å². The van der Waals surface area contributed by atoms with Gasteiger partial charge in [0.05, 0.1) is 6.26 Å². The van der Waals surface area contributed by atoms with E-state index in [0.717, 1.165) is 17.9 Å². The van der Waals surface area contributed by atoms with Gasteiger partial charge in [-0.25, -0.2) is 0 Å². The highest BCUT2D eigenvalue weighted by molar-refractivity contribution is 5.65. The molecule has 0 saturated carbocycles. The summed E-state index contributed by atoms with van der Waals surface area (Å²) in [5.74, 6) is 1.65. The van der Waals surface area contributed by atoms with Gasteiger partial charge in [0.1, 0.15) is 6.61 Å². The zero-order chi connectivity index (χ0) is 9.38. The van der Waals surface area contributed by atoms with Crippen LogP contribution in [0, 0.1) is 0 Å². The first-order valence-electron chi connectivity index (χ1n) is 4.71. The molecule has 1 aliphatic carbocycles. The summed E-state index contributed by atoms with van der Waals surface area (Å²) in [6.45, 7) is 0.579. The Bertz CT molecular complexity index is 430. The molecule has 2 heteroatoms. The standard InChI is InChI=1S/C12H10O2/c1-3-9-7-11-12(8-10(9)4-1)14-6-2-5-13-11/h1-3,6-8H,4-5H2. The maximum absolute atomic E-state index is 5.53. The third kappa shape index (κ3) is 1.11. The molecule has 70 valence electrons. The third-order valence-electron chi connectivity index (χ3n) is 2.47. The highest BCUT2D eigenvalue weighted by atomic mass is 16.5. The topological polar surface area (TPSA) is 18.5 Å². The summed E-state index contributed by atoms with van der Waals surface area (Å²) in [6.07, 6.45) is 8.81. The summed E-state index contributed by atoms with van der Waals surface area (Å²) in [4.78, 5) is 0. The molecule has 1 heterocycles. The molecule has 0 spiro atoms. The van der Waals surface area contributed by atoms with Gasteiger partial charge in [-0.1, -0.05) is 12.2 Å². The fourth-order valence-electron chi connectivity index (χ4n) is 1.77. The molecule has 0 atom stereocenters. The second-order valence-electron chi connectivity index (χ2n) is 3.40. The van der Waals surface area contributed by atoms with Gasteiger partial charge >= 0.3 is 0 Å². The van der Waals surface area contributed by atoms with E-state index in [1.165, 1.54) is 11.1 Å². The van der Waals surface area contributed by atoms with Gasteiger partial charge in [-0.05, 0) is 35.8 Å². The molecule has 3 rings (SSSR count). The van der Waals surface area contributed by atoms with Crippen LogP contribution in [0.2, 0.25) is 0 Å². The van der Waals surface area contributed by atoms with E-state index in [1.807, 2.05) is 12.1 Å². The van der Waals surface area contributed by atoms with Crippen molar-refractivity contribution in [2.45, 2.75) is 6.42 Å². The maximum atomic E-state index is 5.53. The van der Waals surface area contributed by atoms with Crippen LogP contribution in [0.15, 0.2) is 30.5 Å². The van der Waals surface area contributed by atoms with Gasteiger partial charge in [-0.15, -0.1) is 0 Å². The van der Waals surface area contributed by atoms with Crippen molar-refractivity contribution in [2.24, 2.45) is 0 Å². The van der Waals surface area contributed by atoms with Crippen molar-refractivity contribution in [3.63, 3.8) is 0 Å². The molecule has 0 amide bonds. The van der Waals surface area contributed by atoms with Gasteiger partial charge in [-0.2, -0.15) is 0 Å². The normalized spacial score (nSPS) is 16.6. The second-order valence-corrected chi connectivity index (χ2v) is 3.40. The zero-order valence-corrected chi connectivity index (χ0v) is 7.69. The van der Waals surface area contributed by atoms with Crippen LogP contribution >= 0.6 is 0 Å². The van der Waals surface area contributed by atoms with E-state index >= 15 is 0 Å². The first-order chi connectivity index (χ1) is 6.93. The number of hydrogen-bond acceptors (Lipinski definition) is 2. The molecule has 0 aromatic heterocycles. The Labute approximate surface area is 82.5 Å². The molecule has 14 heavy (non-hydrogen) atoms. The predicted molar refractivity (Wildman–Crippen MR) is 54.4 cm³/mol. The van der Waals surface area contributed by atoms with Crippen LogP contribution in [0.1, 0.15) is 11.1 Å². The summed E-state index contributed by atoms with van der Waals surface area (Å²) < 4.78 is 11.0. The first-order valence-corrected chi connectivity index (χ1v) is 4.71. The lowest BCUT2D eigenvalue weighted by atomic mass is 10.1. The van der Waals surface area contributed by atoms with E-state index in [4.69, 9.17) is 9.47 Å². The fraction of sp³-hybridized carbons (Fsp3) is 0.167. The van der Waals surface area contributed by atoms with E-state index in [9.17, 15) is 0 Å². The molecule has 1 aliphatic heterocycles. The molecule has 0 N–H and O–H groups in total. The van der Waals surface area contributed by atoms with Gasteiger partial charge in [0.2, 0.25) is 0 Å². The summed E-state index contributed by atoms with van der Waals surface area (Å²) in [7, 11) is 0. The average molecular weight is 186 g/mol. The molecule has 2 nitrogen and oxygen atoms in total. The predicted octanol–water partition coefficient (Wildman–Crippen LogP) is 2.54. The van der Waals surface area contributed by atoms with Gasteiger partial charge in [0.25, 0.3) is 0 Å². The Morgan fingerprint density at radius 1 is 1.07 bits per heavy atom. The third-order valence-corrected chi connectivity index (χ3v) is 2.47. The highest BCUT2D eigenvalue weighted by Gasteiger charge is 2.13. The van der Waals surface area contributed by atoms with E-state index in [0.29, 0.717) is 6.61 Å². The van der Waals surface area contributed by atoms with E-state index in [2.05, 4.69) is 18.2 Å². The zero-order valence-electron chi connectivity index (χ0n) is 7.69.